The molecule has 1 saturated heterocycles. The Balaban J connectivity index is 1.20. The van der Waals surface area contributed by atoms with Crippen LogP contribution in [0.1, 0.15) is 15.9 Å². The Kier molecular flexibility index (Phi) is 7.31. The van der Waals surface area contributed by atoms with E-state index in [-0.39, 0.29) is 24.0 Å². The van der Waals surface area contributed by atoms with Gasteiger partial charge in [0.25, 0.3) is 11.1 Å². The van der Waals surface area contributed by atoms with Crippen molar-refractivity contribution in [3.05, 3.63) is 92.4 Å². The Morgan fingerprint density at radius 1 is 1.05 bits per heavy atom. The molecule has 1 aromatic heterocycles. The lowest BCUT2D eigenvalue weighted by Gasteiger charge is -2.11. The fraction of sp³-hybridized carbons (Fsp3) is 0.138. The third kappa shape index (κ3) is 5.34. The maximum Gasteiger partial charge on any atom is 0.293 e. The summed E-state index contributed by atoms with van der Waals surface area (Å²) in [6.07, 6.45) is 3.62. The van der Waals surface area contributed by atoms with Crippen LogP contribution in [0.2, 0.25) is 5.02 Å². The third-order valence-corrected chi connectivity index (χ3v) is 8.10. The molecule has 2 amide bonds. The number of ketones is 1. The van der Waals surface area contributed by atoms with Crippen LogP contribution in [-0.2, 0) is 11.3 Å². The highest BCUT2D eigenvalue weighted by molar-refractivity contribution is 9.10. The number of imide groups is 1. The molecule has 0 spiro atoms. The molecule has 0 atom stereocenters. The normalized spacial score (nSPS) is 15.4. The second-order valence-electron chi connectivity index (χ2n) is 9.00. The van der Waals surface area contributed by atoms with Crippen molar-refractivity contribution >= 4 is 73.2 Å². The molecule has 1 fully saturated rings. The molecule has 8 nitrogen and oxygen atoms in total. The van der Waals surface area contributed by atoms with E-state index in [1.54, 1.807) is 36.4 Å². The van der Waals surface area contributed by atoms with Crippen molar-refractivity contribution in [2.24, 2.45) is 0 Å². The Labute approximate surface area is 246 Å². The number of thioether (sulfide) groups is 1. The molecule has 0 radical (unpaired) electrons. The lowest BCUT2D eigenvalue weighted by atomic mass is 10.1. The summed E-state index contributed by atoms with van der Waals surface area (Å²) in [6.45, 7) is 0.790. The molecule has 3 aromatic carbocycles. The van der Waals surface area contributed by atoms with Crippen molar-refractivity contribution in [2.75, 3.05) is 19.9 Å². The summed E-state index contributed by atoms with van der Waals surface area (Å²) in [7, 11) is 0. The first-order valence-electron chi connectivity index (χ1n) is 12.2. The number of hydrogen-bond donors (Lipinski definition) is 0. The van der Waals surface area contributed by atoms with Gasteiger partial charge in [-0.15, -0.1) is 0 Å². The number of fused-ring (bicyclic) bond motifs is 2. The molecule has 202 valence electrons. The molecule has 0 bridgehead atoms. The van der Waals surface area contributed by atoms with E-state index in [0.29, 0.717) is 41.0 Å². The average molecular weight is 640 g/mol. The molecule has 0 saturated carbocycles. The van der Waals surface area contributed by atoms with E-state index in [2.05, 4.69) is 15.9 Å². The average Bonchev–Trinajstić information content (AvgIpc) is 3.61. The van der Waals surface area contributed by atoms with Crippen LogP contribution in [0.4, 0.5) is 4.79 Å². The number of carbonyl (C=O) groups excluding carboxylic acids is 3. The van der Waals surface area contributed by atoms with Gasteiger partial charge in [0.15, 0.2) is 17.3 Å². The number of nitrogens with zero attached hydrogens (tertiary/aromatic N) is 2. The second-order valence-corrected chi connectivity index (χ2v) is 11.3. The molecule has 0 unspecified atom stereocenters. The van der Waals surface area contributed by atoms with Crippen LogP contribution in [-0.4, -0.2) is 46.3 Å². The van der Waals surface area contributed by atoms with Crippen LogP contribution in [0.3, 0.4) is 0 Å². The summed E-state index contributed by atoms with van der Waals surface area (Å²) in [4.78, 5) is 39.8. The highest BCUT2D eigenvalue weighted by Crippen LogP contribution is 2.36. The van der Waals surface area contributed by atoms with Gasteiger partial charge < -0.3 is 18.8 Å². The fourth-order valence-electron chi connectivity index (χ4n) is 4.47. The van der Waals surface area contributed by atoms with Gasteiger partial charge in [0, 0.05) is 43.8 Å². The topological polar surface area (TPSA) is 87.1 Å². The third-order valence-electron chi connectivity index (χ3n) is 6.45. The van der Waals surface area contributed by atoms with Crippen LogP contribution in [0.15, 0.2) is 76.2 Å². The first-order chi connectivity index (χ1) is 19.4. The molecule has 0 N–H and O–H groups in total. The lowest BCUT2D eigenvalue weighted by molar-refractivity contribution is -0.122. The van der Waals surface area contributed by atoms with Crippen LogP contribution < -0.4 is 14.2 Å². The number of ether oxygens (including phenoxy) is 3. The van der Waals surface area contributed by atoms with E-state index < -0.39 is 11.1 Å². The summed E-state index contributed by atoms with van der Waals surface area (Å²) in [6, 6.07) is 17.7. The van der Waals surface area contributed by atoms with Crippen molar-refractivity contribution in [2.45, 2.75) is 6.54 Å². The quantitative estimate of drug-likeness (QED) is 0.155. The van der Waals surface area contributed by atoms with Crippen molar-refractivity contribution < 1.29 is 28.6 Å². The summed E-state index contributed by atoms with van der Waals surface area (Å²) in [5.41, 5.74) is 2.10. The molecule has 4 aromatic rings. The Morgan fingerprint density at radius 2 is 1.85 bits per heavy atom. The summed E-state index contributed by atoms with van der Waals surface area (Å²) in [5.74, 6) is 1.17. The number of aromatic nitrogens is 1. The Morgan fingerprint density at radius 3 is 2.67 bits per heavy atom. The van der Waals surface area contributed by atoms with Gasteiger partial charge in [0.1, 0.15) is 12.4 Å². The van der Waals surface area contributed by atoms with Gasteiger partial charge in [-0.2, -0.15) is 0 Å². The predicted molar refractivity (Wildman–Crippen MR) is 156 cm³/mol. The van der Waals surface area contributed by atoms with E-state index in [9.17, 15) is 14.4 Å². The largest absolute Gasteiger partial charge is 0.492 e. The highest BCUT2D eigenvalue weighted by Gasteiger charge is 2.36. The Bertz CT molecular complexity index is 1700. The molecule has 40 heavy (non-hydrogen) atoms. The Hall–Kier alpha value is -3.73. The van der Waals surface area contributed by atoms with E-state index >= 15 is 0 Å². The predicted octanol–water partition coefficient (Wildman–Crippen LogP) is 6.78. The molecule has 2 aliphatic heterocycles. The van der Waals surface area contributed by atoms with Gasteiger partial charge in [0.2, 0.25) is 6.79 Å². The first kappa shape index (κ1) is 26.5. The molecule has 0 aliphatic carbocycles. The molecule has 11 heteroatoms. The van der Waals surface area contributed by atoms with Gasteiger partial charge in [-0.25, -0.2) is 0 Å². The maximum absolute atomic E-state index is 13.1. The van der Waals surface area contributed by atoms with Crippen molar-refractivity contribution in [1.82, 2.24) is 9.47 Å². The number of hydrogen-bond acceptors (Lipinski definition) is 7. The lowest BCUT2D eigenvalue weighted by Crippen LogP contribution is -2.33. The van der Waals surface area contributed by atoms with Gasteiger partial charge in [0.05, 0.1) is 18.0 Å². The summed E-state index contributed by atoms with van der Waals surface area (Å²) < 4.78 is 19.6. The van der Waals surface area contributed by atoms with E-state index in [1.807, 2.05) is 41.1 Å². The molecule has 6 rings (SSSR count). The smallest absolute Gasteiger partial charge is 0.293 e. The van der Waals surface area contributed by atoms with Crippen LogP contribution in [0.25, 0.3) is 17.0 Å². The first-order valence-corrected chi connectivity index (χ1v) is 14.2. The number of rotatable bonds is 8. The van der Waals surface area contributed by atoms with E-state index in [4.69, 9.17) is 25.8 Å². The molecule has 2 aliphatic rings. The van der Waals surface area contributed by atoms with Gasteiger partial charge in [-0.05, 0) is 72.4 Å². The van der Waals surface area contributed by atoms with Crippen LogP contribution in [0, 0.1) is 0 Å². The van der Waals surface area contributed by atoms with Crippen molar-refractivity contribution in [3.8, 4) is 17.2 Å². The molecular weight excluding hydrogens is 620 g/mol. The summed E-state index contributed by atoms with van der Waals surface area (Å²) in [5, 5.41) is 0.915. The van der Waals surface area contributed by atoms with Gasteiger partial charge in [-0.1, -0.05) is 27.5 Å². The maximum atomic E-state index is 13.1. The van der Waals surface area contributed by atoms with E-state index in [1.165, 1.54) is 0 Å². The van der Waals surface area contributed by atoms with Crippen LogP contribution in [0.5, 0.6) is 17.2 Å². The van der Waals surface area contributed by atoms with Gasteiger partial charge >= 0.3 is 0 Å². The standard InChI is InChI=1S/C29H20BrClN2O6S/c30-19-3-7-23-22(12-19)18(14-32(23)9-10-37-21-6-8-25-26(13-21)39-16-38-25)11-27-28(35)33(29(36)40-27)15-24(34)17-1-4-20(31)5-2-17/h1-8,11-14H,9-10,15-16H2/b27-11-. The van der Waals surface area contributed by atoms with Crippen LogP contribution >= 0.6 is 39.3 Å². The van der Waals surface area contributed by atoms with E-state index in [0.717, 1.165) is 37.6 Å². The number of carbonyl (C=O) groups is 3. The number of benzene rings is 3. The number of Topliss-reactive ketones (excluding diaryl/α,β-unsaturated/α-hetero) is 1. The zero-order chi connectivity index (χ0) is 27.8. The fourth-order valence-corrected chi connectivity index (χ4v) is 5.79. The summed E-state index contributed by atoms with van der Waals surface area (Å²) >= 11 is 10.2. The minimum atomic E-state index is -0.501. The van der Waals surface area contributed by atoms with Gasteiger partial charge in [-0.3, -0.25) is 19.3 Å². The molecule has 3 heterocycles. The zero-order valence-electron chi connectivity index (χ0n) is 20.8. The number of amides is 2. The zero-order valence-corrected chi connectivity index (χ0v) is 23.9. The second kappa shape index (κ2) is 11.0. The van der Waals surface area contributed by atoms with Crippen molar-refractivity contribution in [3.63, 3.8) is 0 Å². The minimum Gasteiger partial charge on any atom is -0.492 e. The minimum absolute atomic E-state index is 0.199. The highest BCUT2D eigenvalue weighted by atomic mass is 79.9. The van der Waals surface area contributed by atoms with Crippen molar-refractivity contribution in [1.29, 1.82) is 0 Å². The monoisotopic (exact) mass is 638 g/mol. The SMILES string of the molecule is O=C(CN1C(=O)S/C(=C\c2cn(CCOc3ccc4c(c3)OCO4)c3ccc(Br)cc23)C1=O)c1ccc(Cl)cc1. The number of halogens is 2. The molecular formula is C29H20BrClN2O6S.